The zero-order chi connectivity index (χ0) is 18.8. The zero-order valence-corrected chi connectivity index (χ0v) is 16.1. The molecule has 140 valence electrons. The summed E-state index contributed by atoms with van der Waals surface area (Å²) in [5.41, 5.74) is 2.77. The number of ether oxygens (including phenoxy) is 2. The minimum atomic E-state index is 0.0577. The maximum absolute atomic E-state index is 11.4. The van der Waals surface area contributed by atoms with Gasteiger partial charge in [-0.2, -0.15) is 0 Å². The molecule has 1 fully saturated rings. The second-order valence-corrected chi connectivity index (χ2v) is 7.20. The molecule has 1 N–H and O–H groups in total. The van der Waals surface area contributed by atoms with Crippen molar-refractivity contribution in [2.75, 3.05) is 25.1 Å². The molecule has 4 rings (SSSR count). The number of fused-ring (bicyclic) bond motifs is 1. The van der Waals surface area contributed by atoms with E-state index in [0.717, 1.165) is 36.6 Å². The van der Waals surface area contributed by atoms with Gasteiger partial charge in [0.15, 0.2) is 22.4 Å². The van der Waals surface area contributed by atoms with Gasteiger partial charge in [-0.1, -0.05) is 6.07 Å². The van der Waals surface area contributed by atoms with E-state index in [1.54, 1.807) is 6.92 Å². The molecule has 0 unspecified atom stereocenters. The van der Waals surface area contributed by atoms with Gasteiger partial charge in [0, 0.05) is 17.8 Å². The summed E-state index contributed by atoms with van der Waals surface area (Å²) in [5.74, 6) is 1.67. The molecule has 0 amide bonds. The summed E-state index contributed by atoms with van der Waals surface area (Å²) in [6.07, 6.45) is 2.13. The molecule has 5 nitrogen and oxygen atoms in total. The maximum Gasteiger partial charge on any atom is 0.173 e. The SMILES string of the molecule is CC(=O)c1ccc(NC(=S)N2CCC[C@@H]2c2ccc3c(c2)OCCO3)cc1. The van der Waals surface area contributed by atoms with Gasteiger partial charge in [-0.15, -0.1) is 0 Å². The fourth-order valence-electron chi connectivity index (χ4n) is 3.61. The van der Waals surface area contributed by atoms with Gasteiger partial charge in [0.05, 0.1) is 6.04 Å². The Kier molecular flexibility index (Phi) is 4.99. The second-order valence-electron chi connectivity index (χ2n) is 6.82. The van der Waals surface area contributed by atoms with E-state index in [9.17, 15) is 4.79 Å². The number of anilines is 1. The topological polar surface area (TPSA) is 50.8 Å². The molecule has 0 spiro atoms. The molecular weight excluding hydrogens is 360 g/mol. The molecule has 0 saturated carbocycles. The van der Waals surface area contributed by atoms with Gasteiger partial charge in [-0.3, -0.25) is 4.79 Å². The molecule has 0 radical (unpaired) electrons. The zero-order valence-electron chi connectivity index (χ0n) is 15.2. The molecule has 1 saturated heterocycles. The highest BCUT2D eigenvalue weighted by molar-refractivity contribution is 7.80. The summed E-state index contributed by atoms with van der Waals surface area (Å²) in [6, 6.07) is 13.8. The fraction of sp³-hybridized carbons (Fsp3) is 0.333. The van der Waals surface area contributed by atoms with Crippen LogP contribution in [0.4, 0.5) is 5.69 Å². The van der Waals surface area contributed by atoms with Gasteiger partial charge in [-0.05, 0) is 73.9 Å². The van der Waals surface area contributed by atoms with Crippen molar-refractivity contribution < 1.29 is 14.3 Å². The lowest BCUT2D eigenvalue weighted by atomic mass is 10.0. The number of nitrogens with one attached hydrogen (secondary N) is 1. The van der Waals surface area contributed by atoms with Crippen molar-refractivity contribution in [2.45, 2.75) is 25.8 Å². The lowest BCUT2D eigenvalue weighted by Gasteiger charge is -2.29. The normalized spacial score (nSPS) is 18.3. The minimum absolute atomic E-state index is 0.0577. The Morgan fingerprint density at radius 3 is 2.59 bits per heavy atom. The van der Waals surface area contributed by atoms with Crippen LogP contribution in [0.5, 0.6) is 11.5 Å². The Labute approximate surface area is 164 Å². The second kappa shape index (κ2) is 7.56. The lowest BCUT2D eigenvalue weighted by Crippen LogP contribution is -2.34. The quantitative estimate of drug-likeness (QED) is 0.634. The first-order valence-electron chi connectivity index (χ1n) is 9.20. The van der Waals surface area contributed by atoms with E-state index in [0.29, 0.717) is 23.9 Å². The van der Waals surface area contributed by atoms with Crippen molar-refractivity contribution in [3.8, 4) is 11.5 Å². The molecule has 27 heavy (non-hydrogen) atoms. The molecule has 0 aromatic heterocycles. The minimum Gasteiger partial charge on any atom is -0.486 e. The average Bonchev–Trinajstić information content (AvgIpc) is 3.18. The van der Waals surface area contributed by atoms with Crippen LogP contribution in [-0.4, -0.2) is 35.6 Å². The van der Waals surface area contributed by atoms with Gasteiger partial charge in [0.2, 0.25) is 0 Å². The predicted octanol–water partition coefficient (Wildman–Crippen LogP) is 4.19. The van der Waals surface area contributed by atoms with Crippen LogP contribution in [0.2, 0.25) is 0 Å². The van der Waals surface area contributed by atoms with Crippen molar-refractivity contribution >= 4 is 28.8 Å². The number of thiocarbonyl (C=S) groups is 1. The van der Waals surface area contributed by atoms with Crippen molar-refractivity contribution in [2.24, 2.45) is 0 Å². The van der Waals surface area contributed by atoms with Crippen LogP contribution in [0.25, 0.3) is 0 Å². The number of benzene rings is 2. The molecule has 1 atom stereocenters. The summed E-state index contributed by atoms with van der Waals surface area (Å²) >= 11 is 5.67. The molecule has 2 aliphatic rings. The summed E-state index contributed by atoms with van der Waals surface area (Å²) < 4.78 is 11.3. The van der Waals surface area contributed by atoms with Gasteiger partial charge >= 0.3 is 0 Å². The summed E-state index contributed by atoms with van der Waals surface area (Å²) in [5, 5.41) is 4.00. The largest absolute Gasteiger partial charge is 0.486 e. The van der Waals surface area contributed by atoms with E-state index in [2.05, 4.69) is 22.3 Å². The number of Topliss-reactive ketones (excluding diaryl/α,β-unsaturated/α-hetero) is 1. The summed E-state index contributed by atoms with van der Waals surface area (Å²) in [6.45, 7) is 3.66. The average molecular weight is 382 g/mol. The van der Waals surface area contributed by atoms with E-state index in [4.69, 9.17) is 21.7 Å². The van der Waals surface area contributed by atoms with Crippen LogP contribution in [0.3, 0.4) is 0 Å². The van der Waals surface area contributed by atoms with E-state index in [1.165, 1.54) is 5.56 Å². The first-order chi connectivity index (χ1) is 13.1. The number of likely N-dealkylation sites (tertiary alicyclic amines) is 1. The number of nitrogens with zero attached hydrogens (tertiary/aromatic N) is 1. The Morgan fingerprint density at radius 2 is 1.85 bits per heavy atom. The van der Waals surface area contributed by atoms with Crippen molar-refractivity contribution in [3.63, 3.8) is 0 Å². The third kappa shape index (κ3) is 3.76. The summed E-state index contributed by atoms with van der Waals surface area (Å²) in [4.78, 5) is 13.6. The van der Waals surface area contributed by atoms with E-state index >= 15 is 0 Å². The number of ketones is 1. The molecule has 2 aromatic carbocycles. The van der Waals surface area contributed by atoms with Crippen molar-refractivity contribution in [1.82, 2.24) is 4.90 Å². The smallest absolute Gasteiger partial charge is 0.173 e. The van der Waals surface area contributed by atoms with Crippen LogP contribution in [-0.2, 0) is 0 Å². The number of carbonyl (C=O) groups is 1. The Morgan fingerprint density at radius 1 is 1.11 bits per heavy atom. The van der Waals surface area contributed by atoms with E-state index in [1.807, 2.05) is 30.3 Å². The Hall–Kier alpha value is -2.60. The van der Waals surface area contributed by atoms with Gasteiger partial charge in [0.25, 0.3) is 0 Å². The maximum atomic E-state index is 11.4. The summed E-state index contributed by atoms with van der Waals surface area (Å²) in [7, 11) is 0. The monoisotopic (exact) mass is 382 g/mol. The standard InChI is InChI=1S/C21H22N2O3S/c1-14(24)15-4-7-17(8-5-15)22-21(27)23-10-2-3-18(23)16-6-9-19-20(13-16)26-12-11-25-19/h4-9,13,18H,2-3,10-12H2,1H3,(H,22,27)/t18-/m1/s1. The van der Waals surface area contributed by atoms with E-state index in [-0.39, 0.29) is 11.8 Å². The molecular formula is C21H22N2O3S. The van der Waals surface area contributed by atoms with Crippen LogP contribution < -0.4 is 14.8 Å². The highest BCUT2D eigenvalue weighted by Gasteiger charge is 2.29. The van der Waals surface area contributed by atoms with Crippen molar-refractivity contribution in [1.29, 1.82) is 0 Å². The third-order valence-electron chi connectivity index (χ3n) is 5.01. The van der Waals surface area contributed by atoms with Gasteiger partial charge in [0.1, 0.15) is 13.2 Å². The molecule has 2 aliphatic heterocycles. The number of hydrogen-bond acceptors (Lipinski definition) is 4. The van der Waals surface area contributed by atoms with E-state index < -0.39 is 0 Å². The van der Waals surface area contributed by atoms with Crippen LogP contribution in [0, 0.1) is 0 Å². The number of hydrogen-bond donors (Lipinski definition) is 1. The molecule has 0 bridgehead atoms. The Bertz CT molecular complexity index is 866. The molecule has 0 aliphatic carbocycles. The van der Waals surface area contributed by atoms with Crippen LogP contribution in [0.1, 0.15) is 41.7 Å². The lowest BCUT2D eigenvalue weighted by molar-refractivity contribution is 0.101. The van der Waals surface area contributed by atoms with Gasteiger partial charge < -0.3 is 19.7 Å². The van der Waals surface area contributed by atoms with Gasteiger partial charge in [-0.25, -0.2) is 0 Å². The number of rotatable bonds is 3. The molecule has 2 aromatic rings. The Balaban J connectivity index is 1.49. The molecule has 6 heteroatoms. The highest BCUT2D eigenvalue weighted by Crippen LogP contribution is 2.38. The van der Waals surface area contributed by atoms with Crippen LogP contribution >= 0.6 is 12.2 Å². The van der Waals surface area contributed by atoms with Crippen LogP contribution in [0.15, 0.2) is 42.5 Å². The fourth-order valence-corrected chi connectivity index (χ4v) is 3.94. The first kappa shape index (κ1) is 17.8. The third-order valence-corrected chi connectivity index (χ3v) is 5.34. The predicted molar refractivity (Wildman–Crippen MR) is 109 cm³/mol. The highest BCUT2D eigenvalue weighted by atomic mass is 32.1. The molecule has 2 heterocycles. The first-order valence-corrected chi connectivity index (χ1v) is 9.61. The number of carbonyl (C=O) groups excluding carboxylic acids is 1. The van der Waals surface area contributed by atoms with Crippen molar-refractivity contribution in [3.05, 3.63) is 53.6 Å².